The van der Waals surface area contributed by atoms with E-state index in [1.165, 1.54) is 6.08 Å². The molecular formula is C22H34N2O6S. The molecule has 8 nitrogen and oxygen atoms in total. The van der Waals surface area contributed by atoms with Crippen LogP contribution < -0.4 is 19.5 Å². The molecule has 1 aromatic rings. The van der Waals surface area contributed by atoms with Crippen molar-refractivity contribution >= 4 is 22.0 Å². The second-order valence-electron chi connectivity index (χ2n) is 7.43. The van der Waals surface area contributed by atoms with Gasteiger partial charge in [0, 0.05) is 24.8 Å². The third-order valence-corrected chi connectivity index (χ3v) is 6.15. The van der Waals surface area contributed by atoms with Crippen molar-refractivity contribution in [2.24, 2.45) is 0 Å². The molecule has 31 heavy (non-hydrogen) atoms. The molecule has 2 rings (SSSR count). The average molecular weight is 455 g/mol. The van der Waals surface area contributed by atoms with E-state index in [0.717, 1.165) is 38.8 Å². The van der Waals surface area contributed by atoms with Crippen LogP contribution in [0.5, 0.6) is 11.5 Å². The maximum atomic E-state index is 12.1. The van der Waals surface area contributed by atoms with Crippen LogP contribution in [-0.4, -0.2) is 59.6 Å². The molecule has 1 aliphatic heterocycles. The maximum Gasteiger partial charge on any atom is 0.257 e. The van der Waals surface area contributed by atoms with E-state index in [9.17, 15) is 13.2 Å². The van der Waals surface area contributed by atoms with E-state index in [-0.39, 0.29) is 11.9 Å². The molecule has 0 bridgehead atoms. The fraction of sp³-hybridized carbons (Fsp3) is 0.591. The van der Waals surface area contributed by atoms with Crippen molar-refractivity contribution in [3.8, 4) is 11.5 Å². The molecule has 1 fully saturated rings. The highest BCUT2D eigenvalue weighted by atomic mass is 32.2. The highest BCUT2D eigenvalue weighted by Crippen LogP contribution is 2.28. The Kier molecular flexibility index (Phi) is 10.8. The molecule has 1 aromatic carbocycles. The van der Waals surface area contributed by atoms with Crippen LogP contribution in [0.1, 0.15) is 44.6 Å². The zero-order valence-electron chi connectivity index (χ0n) is 18.4. The second kappa shape index (κ2) is 13.3. The van der Waals surface area contributed by atoms with Gasteiger partial charge in [-0.2, -0.15) is 0 Å². The molecule has 1 saturated heterocycles. The Morgan fingerprint density at radius 1 is 1.23 bits per heavy atom. The number of methoxy groups -OCH3 is 1. The first-order valence-electron chi connectivity index (χ1n) is 10.8. The predicted molar refractivity (Wildman–Crippen MR) is 121 cm³/mol. The average Bonchev–Trinajstić information content (AvgIpc) is 2.74. The van der Waals surface area contributed by atoms with E-state index in [1.807, 2.05) is 6.92 Å². The topological polar surface area (TPSA) is 103 Å². The summed E-state index contributed by atoms with van der Waals surface area (Å²) in [7, 11) is -2.02. The summed E-state index contributed by atoms with van der Waals surface area (Å²) in [6.07, 6.45) is 6.86. The van der Waals surface area contributed by atoms with Crippen LogP contribution in [0.2, 0.25) is 0 Å². The Morgan fingerprint density at radius 2 is 2.00 bits per heavy atom. The lowest BCUT2D eigenvalue weighted by molar-refractivity contribution is -0.114. The number of hydrogen-bond donors (Lipinski definition) is 2. The monoisotopic (exact) mass is 454 g/mol. The van der Waals surface area contributed by atoms with Gasteiger partial charge in [0.15, 0.2) is 0 Å². The van der Waals surface area contributed by atoms with Gasteiger partial charge in [0.25, 0.3) is 5.91 Å². The molecule has 0 atom stereocenters. The fourth-order valence-corrected chi connectivity index (χ4v) is 4.19. The second-order valence-corrected chi connectivity index (χ2v) is 9.28. The van der Waals surface area contributed by atoms with Gasteiger partial charge in [0.1, 0.15) is 24.2 Å². The first-order valence-corrected chi connectivity index (χ1v) is 12.4. The van der Waals surface area contributed by atoms with E-state index in [1.54, 1.807) is 31.4 Å². The summed E-state index contributed by atoms with van der Waals surface area (Å²) in [5, 5.41) is 3.30. The molecule has 0 spiro atoms. The van der Waals surface area contributed by atoms with Gasteiger partial charge in [-0.3, -0.25) is 4.79 Å². The molecule has 0 unspecified atom stereocenters. The molecule has 1 aliphatic rings. The Morgan fingerprint density at radius 3 is 2.71 bits per heavy atom. The highest BCUT2D eigenvalue weighted by Gasteiger charge is 2.17. The van der Waals surface area contributed by atoms with Gasteiger partial charge in [-0.15, -0.1) is 0 Å². The standard InChI is InChI=1S/C22H34N2O6S/c1-3-4-5-16-31(26,27)24-22(25)9-7-18-6-8-20(29-15-14-28-2)17-21(18)30-19-10-12-23-13-11-19/h6-9,17,19,23H,3-5,10-16H2,1-2H3,(H,24,25)/b9-7+. The zero-order chi connectivity index (χ0) is 22.5. The summed E-state index contributed by atoms with van der Waals surface area (Å²) in [5.41, 5.74) is 0.677. The summed E-state index contributed by atoms with van der Waals surface area (Å²) in [6, 6.07) is 5.36. The lowest BCUT2D eigenvalue weighted by atomic mass is 10.1. The maximum absolute atomic E-state index is 12.1. The van der Waals surface area contributed by atoms with Crippen LogP contribution in [0, 0.1) is 0 Å². The lowest BCUT2D eigenvalue weighted by Crippen LogP contribution is -2.34. The Labute approximate surface area is 185 Å². The Balaban J connectivity index is 2.08. The van der Waals surface area contributed by atoms with Crippen LogP contribution in [0.4, 0.5) is 0 Å². The number of piperidine rings is 1. The molecule has 9 heteroatoms. The van der Waals surface area contributed by atoms with Crippen molar-refractivity contribution in [2.45, 2.75) is 45.1 Å². The minimum absolute atomic E-state index is 0.0575. The fourth-order valence-electron chi connectivity index (χ4n) is 3.13. The zero-order valence-corrected chi connectivity index (χ0v) is 19.2. The number of hydrogen-bond acceptors (Lipinski definition) is 7. The number of sulfonamides is 1. The van der Waals surface area contributed by atoms with Crippen molar-refractivity contribution in [3.05, 3.63) is 29.8 Å². The number of carbonyl (C=O) groups is 1. The molecule has 0 aromatic heterocycles. The number of ether oxygens (including phenoxy) is 3. The quantitative estimate of drug-likeness (QED) is 0.349. The van der Waals surface area contributed by atoms with Gasteiger partial charge in [-0.1, -0.05) is 19.8 Å². The minimum atomic E-state index is -3.63. The largest absolute Gasteiger partial charge is 0.491 e. The van der Waals surface area contributed by atoms with Crippen LogP contribution in [0.3, 0.4) is 0 Å². The number of nitrogens with one attached hydrogen (secondary N) is 2. The van der Waals surface area contributed by atoms with E-state index in [0.29, 0.717) is 36.7 Å². The van der Waals surface area contributed by atoms with Gasteiger partial charge in [0.05, 0.1) is 12.4 Å². The number of carbonyl (C=O) groups excluding carboxylic acids is 1. The van der Waals surface area contributed by atoms with Crippen molar-refractivity contribution in [1.29, 1.82) is 0 Å². The first-order chi connectivity index (χ1) is 14.9. The third-order valence-electron chi connectivity index (χ3n) is 4.81. The van der Waals surface area contributed by atoms with Gasteiger partial charge in [-0.25, -0.2) is 13.1 Å². The molecule has 0 saturated carbocycles. The first kappa shape index (κ1) is 25.2. The summed E-state index contributed by atoms with van der Waals surface area (Å²) < 4.78 is 43.0. The van der Waals surface area contributed by atoms with Crippen LogP contribution in [0.25, 0.3) is 6.08 Å². The van der Waals surface area contributed by atoms with E-state index in [2.05, 4.69) is 10.0 Å². The molecule has 0 aliphatic carbocycles. The minimum Gasteiger partial charge on any atom is -0.491 e. The summed E-state index contributed by atoms with van der Waals surface area (Å²) in [6.45, 7) is 4.65. The molecule has 2 N–H and O–H groups in total. The number of unbranched alkanes of at least 4 members (excludes halogenated alkanes) is 2. The number of rotatable bonds is 13. The van der Waals surface area contributed by atoms with Crippen molar-refractivity contribution in [2.75, 3.05) is 39.2 Å². The van der Waals surface area contributed by atoms with Crippen molar-refractivity contribution in [3.63, 3.8) is 0 Å². The number of amides is 1. The molecule has 1 amide bonds. The lowest BCUT2D eigenvalue weighted by Gasteiger charge is -2.25. The van der Waals surface area contributed by atoms with Crippen LogP contribution in [-0.2, 0) is 19.6 Å². The van der Waals surface area contributed by atoms with Gasteiger partial charge in [0.2, 0.25) is 10.0 Å². The summed E-state index contributed by atoms with van der Waals surface area (Å²) >= 11 is 0. The van der Waals surface area contributed by atoms with Gasteiger partial charge in [-0.05, 0) is 50.6 Å². The van der Waals surface area contributed by atoms with Crippen molar-refractivity contribution < 1.29 is 27.4 Å². The molecule has 1 heterocycles. The van der Waals surface area contributed by atoms with Crippen LogP contribution in [0.15, 0.2) is 24.3 Å². The van der Waals surface area contributed by atoms with E-state index < -0.39 is 15.9 Å². The summed E-state index contributed by atoms with van der Waals surface area (Å²) in [4.78, 5) is 12.1. The Bertz CT molecular complexity index is 819. The molecule has 0 radical (unpaired) electrons. The highest BCUT2D eigenvalue weighted by molar-refractivity contribution is 7.90. The third kappa shape index (κ3) is 9.71. The molecular weight excluding hydrogens is 420 g/mol. The molecule has 174 valence electrons. The Hall–Kier alpha value is -2.10. The normalized spacial score (nSPS) is 15.2. The number of benzene rings is 1. The van der Waals surface area contributed by atoms with E-state index >= 15 is 0 Å². The smallest absolute Gasteiger partial charge is 0.257 e. The van der Waals surface area contributed by atoms with Gasteiger partial charge >= 0.3 is 0 Å². The van der Waals surface area contributed by atoms with Crippen LogP contribution >= 0.6 is 0 Å². The SMILES string of the molecule is CCCCCS(=O)(=O)NC(=O)/C=C/c1ccc(OCCOC)cc1OC1CCNCC1. The van der Waals surface area contributed by atoms with Gasteiger partial charge < -0.3 is 19.5 Å². The summed E-state index contributed by atoms with van der Waals surface area (Å²) in [5.74, 6) is 0.500. The predicted octanol–water partition coefficient (Wildman–Crippen LogP) is 2.49. The van der Waals surface area contributed by atoms with Crippen molar-refractivity contribution in [1.82, 2.24) is 10.0 Å². The van der Waals surface area contributed by atoms with E-state index in [4.69, 9.17) is 14.2 Å².